The van der Waals surface area contributed by atoms with Gasteiger partial charge in [-0.05, 0) is 18.2 Å². The fourth-order valence-electron chi connectivity index (χ4n) is 1.91. The third kappa shape index (κ3) is 5.10. The first kappa shape index (κ1) is 19.1. The zero-order valence-corrected chi connectivity index (χ0v) is 13.8. The van der Waals surface area contributed by atoms with Crippen LogP contribution in [0.2, 0.25) is 10.0 Å². The Labute approximate surface area is 148 Å². The maximum absolute atomic E-state index is 12.3. The highest BCUT2D eigenvalue weighted by Gasteiger charge is 2.28. The molecule has 1 aromatic carbocycles. The summed E-state index contributed by atoms with van der Waals surface area (Å²) in [6.45, 7) is -2.14. The Balaban J connectivity index is 2.16. The summed E-state index contributed by atoms with van der Waals surface area (Å²) in [7, 11) is 0. The molecule has 134 valence electrons. The van der Waals surface area contributed by atoms with Crippen molar-refractivity contribution in [3.05, 3.63) is 61.3 Å². The van der Waals surface area contributed by atoms with E-state index < -0.39 is 36.3 Å². The van der Waals surface area contributed by atoms with E-state index >= 15 is 0 Å². The summed E-state index contributed by atoms with van der Waals surface area (Å²) in [5.74, 6) is -0.673. The number of anilines is 1. The lowest BCUT2D eigenvalue weighted by Gasteiger charge is -2.11. The number of nitrogens with one attached hydrogen (secondary N) is 1. The molecular weight excluding hydrogens is 386 g/mol. The normalized spacial score (nSPS) is 11.4. The van der Waals surface area contributed by atoms with Gasteiger partial charge in [-0.1, -0.05) is 23.2 Å². The first-order chi connectivity index (χ1) is 11.6. The van der Waals surface area contributed by atoms with Gasteiger partial charge in [-0.3, -0.25) is 19.0 Å². The maximum atomic E-state index is 12.3. The number of benzene rings is 1. The highest BCUT2D eigenvalue weighted by molar-refractivity contribution is 6.42. The van der Waals surface area contributed by atoms with Crippen LogP contribution in [-0.2, 0) is 17.9 Å². The molecule has 0 radical (unpaired) electrons. The first-order valence-electron chi connectivity index (χ1n) is 6.68. The largest absolute Gasteiger partial charge is 0.406 e. The molecule has 25 heavy (non-hydrogen) atoms. The molecule has 0 aliphatic carbocycles. The van der Waals surface area contributed by atoms with Gasteiger partial charge in [0.05, 0.1) is 10.0 Å². The summed E-state index contributed by atoms with van der Waals surface area (Å²) < 4.78 is 37.9. The van der Waals surface area contributed by atoms with Crippen molar-refractivity contribution in [3.8, 4) is 0 Å². The first-order valence-corrected chi connectivity index (χ1v) is 7.44. The topological polar surface area (TPSA) is 73.1 Å². The maximum Gasteiger partial charge on any atom is 0.406 e. The molecule has 0 atom stereocenters. The van der Waals surface area contributed by atoms with E-state index in [-0.39, 0.29) is 14.6 Å². The van der Waals surface area contributed by atoms with Crippen molar-refractivity contribution in [2.24, 2.45) is 0 Å². The molecule has 1 amide bonds. The number of nitrogens with zero attached hydrogens (tertiary/aromatic N) is 2. The molecule has 2 rings (SSSR count). The fraction of sp³-hybridized carbons (Fsp3) is 0.214. The van der Waals surface area contributed by atoms with Crippen LogP contribution in [0.4, 0.5) is 18.9 Å². The molecule has 11 heteroatoms. The van der Waals surface area contributed by atoms with Gasteiger partial charge in [0.25, 0.3) is 0 Å². The van der Waals surface area contributed by atoms with Gasteiger partial charge in [0.2, 0.25) is 5.91 Å². The molecule has 0 aliphatic rings. The summed E-state index contributed by atoms with van der Waals surface area (Å²) in [5, 5.41) is 2.91. The average Bonchev–Trinajstić information content (AvgIpc) is 2.49. The van der Waals surface area contributed by atoms with Gasteiger partial charge >= 0.3 is 17.3 Å². The van der Waals surface area contributed by atoms with Crippen LogP contribution in [0.15, 0.2) is 40.2 Å². The number of hydrogen-bond acceptors (Lipinski definition) is 3. The molecule has 0 saturated heterocycles. The van der Waals surface area contributed by atoms with E-state index in [4.69, 9.17) is 23.2 Å². The molecule has 1 heterocycles. The van der Waals surface area contributed by atoms with Gasteiger partial charge in [0.1, 0.15) is 13.1 Å². The number of rotatable bonds is 4. The molecule has 6 nitrogen and oxygen atoms in total. The van der Waals surface area contributed by atoms with Crippen molar-refractivity contribution in [2.75, 3.05) is 5.32 Å². The van der Waals surface area contributed by atoms with Crippen molar-refractivity contribution < 1.29 is 18.0 Å². The standard InChI is InChI=1S/C14H10Cl2F3N3O3/c15-9-2-1-8(5-10(9)16)20-11(23)6-21-3-4-22(7-14(17,18)19)13(25)12(21)24/h1-5H,6-7H2,(H,20,23). The van der Waals surface area contributed by atoms with E-state index in [0.717, 1.165) is 12.4 Å². The van der Waals surface area contributed by atoms with Gasteiger partial charge < -0.3 is 9.88 Å². The smallest absolute Gasteiger partial charge is 0.324 e. The summed E-state index contributed by atoms with van der Waals surface area (Å²) in [4.78, 5) is 35.4. The molecular formula is C14H10Cl2F3N3O3. The number of carbonyl (C=O) groups is 1. The summed E-state index contributed by atoms with van der Waals surface area (Å²) in [6, 6.07) is 4.30. The third-order valence-electron chi connectivity index (χ3n) is 3.00. The number of aromatic nitrogens is 2. The monoisotopic (exact) mass is 395 g/mol. The average molecular weight is 396 g/mol. The van der Waals surface area contributed by atoms with Crippen molar-refractivity contribution in [3.63, 3.8) is 0 Å². The number of halogens is 5. The second kappa shape index (κ2) is 7.32. The minimum Gasteiger partial charge on any atom is -0.324 e. The molecule has 0 fully saturated rings. The molecule has 0 saturated carbocycles. The lowest BCUT2D eigenvalue weighted by atomic mass is 10.3. The number of amides is 1. The van der Waals surface area contributed by atoms with Crippen LogP contribution in [0.3, 0.4) is 0 Å². The van der Waals surface area contributed by atoms with Crippen LogP contribution in [0, 0.1) is 0 Å². The highest BCUT2D eigenvalue weighted by Crippen LogP contribution is 2.24. The zero-order valence-electron chi connectivity index (χ0n) is 12.3. The van der Waals surface area contributed by atoms with Gasteiger partial charge in [0, 0.05) is 18.1 Å². The van der Waals surface area contributed by atoms with Crippen molar-refractivity contribution in [1.82, 2.24) is 9.13 Å². The summed E-state index contributed by atoms with van der Waals surface area (Å²) in [5.41, 5.74) is -2.31. The second-order valence-corrected chi connectivity index (χ2v) is 5.77. The third-order valence-corrected chi connectivity index (χ3v) is 3.74. The zero-order chi connectivity index (χ0) is 18.8. The number of carbonyl (C=O) groups excluding carboxylic acids is 1. The van der Waals surface area contributed by atoms with Crippen molar-refractivity contribution >= 4 is 34.8 Å². The predicted molar refractivity (Wildman–Crippen MR) is 86.1 cm³/mol. The van der Waals surface area contributed by atoms with Crippen LogP contribution in [0.25, 0.3) is 0 Å². The Morgan fingerprint density at radius 3 is 2.24 bits per heavy atom. The second-order valence-electron chi connectivity index (χ2n) is 4.96. The van der Waals surface area contributed by atoms with Gasteiger partial charge in [-0.2, -0.15) is 13.2 Å². The molecule has 0 bridgehead atoms. The number of alkyl halides is 3. The van der Waals surface area contributed by atoms with Gasteiger partial charge in [0.15, 0.2) is 0 Å². The van der Waals surface area contributed by atoms with E-state index in [9.17, 15) is 27.6 Å². The lowest BCUT2D eigenvalue weighted by Crippen LogP contribution is -2.43. The molecule has 0 spiro atoms. The van der Waals surface area contributed by atoms with Crippen LogP contribution >= 0.6 is 23.2 Å². The van der Waals surface area contributed by atoms with Gasteiger partial charge in [-0.25, -0.2) is 0 Å². The van der Waals surface area contributed by atoms with E-state index in [2.05, 4.69) is 5.32 Å². The summed E-state index contributed by atoms with van der Waals surface area (Å²) >= 11 is 11.5. The SMILES string of the molecule is O=C(Cn1ccn(CC(F)(F)F)c(=O)c1=O)Nc1ccc(Cl)c(Cl)c1. The molecule has 0 unspecified atom stereocenters. The van der Waals surface area contributed by atoms with E-state index in [1.165, 1.54) is 18.2 Å². The Hall–Kier alpha value is -2.26. The van der Waals surface area contributed by atoms with E-state index in [1.54, 1.807) is 0 Å². The Morgan fingerprint density at radius 2 is 1.64 bits per heavy atom. The molecule has 1 N–H and O–H groups in total. The Bertz CT molecular complexity index is 922. The predicted octanol–water partition coefficient (Wildman–Crippen LogP) is 2.52. The number of hydrogen-bond donors (Lipinski definition) is 1. The van der Waals surface area contributed by atoms with Crippen LogP contribution in [-0.4, -0.2) is 21.2 Å². The van der Waals surface area contributed by atoms with Crippen LogP contribution in [0.5, 0.6) is 0 Å². The van der Waals surface area contributed by atoms with E-state index in [1.807, 2.05) is 0 Å². The van der Waals surface area contributed by atoms with Gasteiger partial charge in [-0.15, -0.1) is 0 Å². The lowest BCUT2D eigenvalue weighted by molar-refractivity contribution is -0.141. The Morgan fingerprint density at radius 1 is 1.04 bits per heavy atom. The highest BCUT2D eigenvalue weighted by atomic mass is 35.5. The molecule has 1 aromatic heterocycles. The Kier molecular flexibility index (Phi) is 5.58. The van der Waals surface area contributed by atoms with E-state index in [0.29, 0.717) is 10.3 Å². The van der Waals surface area contributed by atoms with Crippen molar-refractivity contribution in [2.45, 2.75) is 19.3 Å². The minimum atomic E-state index is -4.65. The molecule has 2 aromatic rings. The quantitative estimate of drug-likeness (QED) is 0.808. The van der Waals surface area contributed by atoms with Crippen molar-refractivity contribution in [1.29, 1.82) is 0 Å². The fourth-order valence-corrected chi connectivity index (χ4v) is 2.21. The van der Waals surface area contributed by atoms with Crippen LogP contribution < -0.4 is 16.4 Å². The van der Waals surface area contributed by atoms with Crippen LogP contribution in [0.1, 0.15) is 0 Å². The minimum absolute atomic E-state index is 0.200. The summed E-state index contributed by atoms with van der Waals surface area (Å²) in [6.07, 6.45) is -2.92. The molecule has 0 aliphatic heterocycles.